The number of hydrazone groups is 1. The van der Waals surface area contributed by atoms with Crippen molar-refractivity contribution in [2.45, 2.75) is 57.5 Å². The standard InChI is InChI=1S/C21H28N4O3/c1-14(23-18(26)12-15-8-4-3-5-9-15)20(27)24-19-17-11-7-6-10-16(17)13-22-25(2)21(19)28/h6-7,10-11,13-15,19H,3-5,8-9,12H2,1-2H3,(H,23,26)(H,24,27)/t14-,19?/m0/s1. The van der Waals surface area contributed by atoms with E-state index in [1.807, 2.05) is 18.2 Å². The first-order valence-corrected chi connectivity index (χ1v) is 9.96. The van der Waals surface area contributed by atoms with Crippen LogP contribution in [0.4, 0.5) is 0 Å². The quantitative estimate of drug-likeness (QED) is 0.815. The van der Waals surface area contributed by atoms with Crippen molar-refractivity contribution in [2.24, 2.45) is 11.0 Å². The van der Waals surface area contributed by atoms with Gasteiger partial charge >= 0.3 is 0 Å². The van der Waals surface area contributed by atoms with Crippen LogP contribution in [0.5, 0.6) is 0 Å². The Kier molecular flexibility index (Phi) is 6.44. The van der Waals surface area contributed by atoms with E-state index in [0.717, 1.165) is 18.4 Å². The summed E-state index contributed by atoms with van der Waals surface area (Å²) in [6.07, 6.45) is 7.81. The van der Waals surface area contributed by atoms with Crippen LogP contribution < -0.4 is 10.6 Å². The van der Waals surface area contributed by atoms with Crippen molar-refractivity contribution >= 4 is 23.9 Å². The van der Waals surface area contributed by atoms with E-state index >= 15 is 0 Å². The molecule has 2 N–H and O–H groups in total. The van der Waals surface area contributed by atoms with Crippen LogP contribution in [0.3, 0.4) is 0 Å². The second kappa shape index (κ2) is 8.99. The molecule has 3 amide bonds. The summed E-state index contributed by atoms with van der Waals surface area (Å²) in [5, 5.41) is 10.9. The lowest BCUT2D eigenvalue weighted by Crippen LogP contribution is -2.48. The van der Waals surface area contributed by atoms with E-state index in [1.165, 1.54) is 24.3 Å². The molecule has 2 aliphatic rings. The summed E-state index contributed by atoms with van der Waals surface area (Å²) in [7, 11) is 1.55. The molecule has 1 unspecified atom stereocenters. The van der Waals surface area contributed by atoms with Crippen molar-refractivity contribution in [1.82, 2.24) is 15.6 Å². The predicted molar refractivity (Wildman–Crippen MR) is 106 cm³/mol. The molecule has 1 saturated carbocycles. The fourth-order valence-corrected chi connectivity index (χ4v) is 3.84. The van der Waals surface area contributed by atoms with E-state index in [4.69, 9.17) is 0 Å². The van der Waals surface area contributed by atoms with E-state index in [2.05, 4.69) is 15.7 Å². The lowest BCUT2D eigenvalue weighted by molar-refractivity contribution is -0.136. The Hall–Kier alpha value is -2.70. The minimum absolute atomic E-state index is 0.109. The molecule has 1 aliphatic carbocycles. The molecule has 3 rings (SSSR count). The summed E-state index contributed by atoms with van der Waals surface area (Å²) < 4.78 is 0. The second-order valence-electron chi connectivity index (χ2n) is 7.67. The van der Waals surface area contributed by atoms with Crippen LogP contribution in [-0.4, -0.2) is 42.0 Å². The van der Waals surface area contributed by atoms with Crippen molar-refractivity contribution in [3.8, 4) is 0 Å². The third-order valence-electron chi connectivity index (χ3n) is 5.50. The Morgan fingerprint density at radius 2 is 1.93 bits per heavy atom. The molecule has 1 aliphatic heterocycles. The highest BCUT2D eigenvalue weighted by atomic mass is 16.2. The van der Waals surface area contributed by atoms with Crippen LogP contribution >= 0.6 is 0 Å². The van der Waals surface area contributed by atoms with Gasteiger partial charge < -0.3 is 10.6 Å². The summed E-state index contributed by atoms with van der Waals surface area (Å²) in [5.74, 6) is -0.413. The maximum absolute atomic E-state index is 12.7. The van der Waals surface area contributed by atoms with Gasteiger partial charge in [0.25, 0.3) is 5.91 Å². The molecule has 0 aromatic heterocycles. The fraction of sp³-hybridized carbons (Fsp3) is 0.524. The van der Waals surface area contributed by atoms with Crippen LogP contribution in [0.1, 0.15) is 62.6 Å². The Morgan fingerprint density at radius 1 is 1.21 bits per heavy atom. The van der Waals surface area contributed by atoms with E-state index in [9.17, 15) is 14.4 Å². The number of carbonyl (C=O) groups is 3. The lowest BCUT2D eigenvalue weighted by Gasteiger charge is -2.24. The highest BCUT2D eigenvalue weighted by Crippen LogP contribution is 2.26. The summed E-state index contributed by atoms with van der Waals surface area (Å²) in [6.45, 7) is 1.64. The number of fused-ring (bicyclic) bond motifs is 1. The Morgan fingerprint density at radius 3 is 2.68 bits per heavy atom. The van der Waals surface area contributed by atoms with Gasteiger partial charge in [-0.2, -0.15) is 5.10 Å². The van der Waals surface area contributed by atoms with Crippen LogP contribution in [-0.2, 0) is 14.4 Å². The Bertz CT molecular complexity index is 771. The number of amides is 3. The van der Waals surface area contributed by atoms with Gasteiger partial charge in [0, 0.05) is 19.0 Å². The van der Waals surface area contributed by atoms with Crippen molar-refractivity contribution in [1.29, 1.82) is 0 Å². The number of benzene rings is 1. The molecule has 1 fully saturated rings. The smallest absolute Gasteiger partial charge is 0.269 e. The monoisotopic (exact) mass is 384 g/mol. The van der Waals surface area contributed by atoms with Crippen LogP contribution in [0.15, 0.2) is 29.4 Å². The zero-order valence-electron chi connectivity index (χ0n) is 16.5. The second-order valence-corrected chi connectivity index (χ2v) is 7.67. The molecule has 0 bridgehead atoms. The fourth-order valence-electron chi connectivity index (χ4n) is 3.84. The third-order valence-corrected chi connectivity index (χ3v) is 5.50. The number of carbonyl (C=O) groups excluding carboxylic acids is 3. The molecule has 0 spiro atoms. The molecular weight excluding hydrogens is 356 g/mol. The normalized spacial score (nSPS) is 20.9. The van der Waals surface area contributed by atoms with Crippen LogP contribution in [0.25, 0.3) is 0 Å². The van der Waals surface area contributed by atoms with E-state index < -0.39 is 12.1 Å². The topological polar surface area (TPSA) is 90.9 Å². The highest BCUT2D eigenvalue weighted by molar-refractivity contribution is 5.96. The van der Waals surface area contributed by atoms with E-state index in [1.54, 1.807) is 26.3 Å². The molecule has 150 valence electrons. The zero-order valence-corrected chi connectivity index (χ0v) is 16.5. The van der Waals surface area contributed by atoms with Gasteiger partial charge in [-0.25, -0.2) is 5.01 Å². The molecule has 7 nitrogen and oxygen atoms in total. The molecule has 1 aromatic carbocycles. The van der Waals surface area contributed by atoms with Crippen LogP contribution in [0, 0.1) is 5.92 Å². The van der Waals surface area contributed by atoms with Crippen molar-refractivity contribution in [3.05, 3.63) is 35.4 Å². The highest BCUT2D eigenvalue weighted by Gasteiger charge is 2.31. The molecule has 0 radical (unpaired) electrons. The van der Waals surface area contributed by atoms with Gasteiger partial charge in [0.15, 0.2) is 0 Å². The molecule has 2 atom stereocenters. The van der Waals surface area contributed by atoms with Crippen LogP contribution in [0.2, 0.25) is 0 Å². The first-order chi connectivity index (χ1) is 13.5. The van der Waals surface area contributed by atoms with Gasteiger partial charge in [0.05, 0.1) is 6.21 Å². The molecule has 0 saturated heterocycles. The van der Waals surface area contributed by atoms with Gasteiger partial charge in [-0.1, -0.05) is 43.5 Å². The average molecular weight is 384 g/mol. The predicted octanol–water partition coefficient (Wildman–Crippen LogP) is 2.12. The zero-order chi connectivity index (χ0) is 20.1. The van der Waals surface area contributed by atoms with E-state index in [-0.39, 0.29) is 17.7 Å². The SMILES string of the molecule is C[C@H](NC(=O)CC1CCCCC1)C(=O)NC1C(=O)N(C)N=Cc2ccccc21. The maximum Gasteiger partial charge on any atom is 0.269 e. The molecule has 1 heterocycles. The lowest BCUT2D eigenvalue weighted by atomic mass is 9.87. The minimum atomic E-state index is -0.839. The van der Waals surface area contributed by atoms with Crippen molar-refractivity contribution in [3.63, 3.8) is 0 Å². The summed E-state index contributed by atoms with van der Waals surface area (Å²) in [6, 6.07) is 5.77. The van der Waals surface area contributed by atoms with Crippen molar-refractivity contribution < 1.29 is 14.4 Å². The summed E-state index contributed by atoms with van der Waals surface area (Å²) >= 11 is 0. The number of hydrogen-bond acceptors (Lipinski definition) is 4. The van der Waals surface area contributed by atoms with Gasteiger partial charge in [-0.15, -0.1) is 0 Å². The van der Waals surface area contributed by atoms with Gasteiger partial charge in [-0.05, 0) is 31.2 Å². The molecule has 1 aromatic rings. The average Bonchev–Trinajstić information content (AvgIpc) is 2.81. The molecule has 28 heavy (non-hydrogen) atoms. The number of nitrogens with zero attached hydrogens (tertiary/aromatic N) is 2. The molecular formula is C21H28N4O3. The van der Waals surface area contributed by atoms with Gasteiger partial charge in [0.1, 0.15) is 12.1 Å². The van der Waals surface area contributed by atoms with Gasteiger partial charge in [-0.3, -0.25) is 14.4 Å². The Labute approximate surface area is 165 Å². The summed E-state index contributed by atoms with van der Waals surface area (Å²) in [4.78, 5) is 37.6. The maximum atomic E-state index is 12.7. The first-order valence-electron chi connectivity index (χ1n) is 9.96. The van der Waals surface area contributed by atoms with E-state index in [0.29, 0.717) is 17.9 Å². The number of hydrogen-bond donors (Lipinski definition) is 2. The third kappa shape index (κ3) is 4.77. The first kappa shape index (κ1) is 20.0. The molecule has 7 heteroatoms. The number of likely N-dealkylation sites (N-methyl/N-ethyl adjacent to an activating group) is 1. The Balaban J connectivity index is 1.62. The number of rotatable bonds is 5. The largest absolute Gasteiger partial charge is 0.345 e. The van der Waals surface area contributed by atoms with Gasteiger partial charge in [0.2, 0.25) is 11.8 Å². The summed E-state index contributed by atoms with van der Waals surface area (Å²) in [5.41, 5.74) is 1.47. The number of nitrogens with one attached hydrogen (secondary N) is 2. The minimum Gasteiger partial charge on any atom is -0.345 e. The van der Waals surface area contributed by atoms with Crippen molar-refractivity contribution in [2.75, 3.05) is 7.05 Å².